The van der Waals surface area contributed by atoms with Gasteiger partial charge in [0.2, 0.25) is 0 Å². The molecule has 0 aliphatic carbocycles. The third-order valence-corrected chi connectivity index (χ3v) is 4.35. The number of hydrogen-bond acceptors (Lipinski definition) is 2. The third kappa shape index (κ3) is 4.78. The predicted molar refractivity (Wildman–Crippen MR) is 109 cm³/mol. The highest BCUT2D eigenvalue weighted by molar-refractivity contribution is 5.94. The Hall–Kier alpha value is -3.03. The Morgan fingerprint density at radius 3 is 2.52 bits per heavy atom. The zero-order valence-corrected chi connectivity index (χ0v) is 15.9. The molecule has 27 heavy (non-hydrogen) atoms. The lowest BCUT2D eigenvalue weighted by molar-refractivity contribution is 0.0790. The molecule has 0 saturated carbocycles. The second kappa shape index (κ2) is 7.69. The van der Waals surface area contributed by atoms with Crippen LogP contribution in [0.15, 0.2) is 60.8 Å². The fourth-order valence-corrected chi connectivity index (χ4v) is 2.84. The summed E-state index contributed by atoms with van der Waals surface area (Å²) in [5.74, 6) is 5.66. The predicted octanol–water partition coefficient (Wildman–Crippen LogP) is 3.54. The fraction of sp³-hybridized carbons (Fsp3) is 0.261. The Morgan fingerprint density at radius 2 is 1.81 bits per heavy atom. The van der Waals surface area contributed by atoms with Crippen molar-refractivity contribution in [1.29, 1.82) is 0 Å². The number of benzene rings is 2. The average Bonchev–Trinajstić information content (AvgIpc) is 3.07. The molecule has 3 rings (SSSR count). The smallest absolute Gasteiger partial charge is 0.253 e. The minimum Gasteiger partial charge on any atom is -0.378 e. The first-order valence-electron chi connectivity index (χ1n) is 8.98. The molecule has 138 valence electrons. The van der Waals surface area contributed by atoms with E-state index in [1.54, 1.807) is 43.0 Å². The van der Waals surface area contributed by atoms with Gasteiger partial charge < -0.3 is 14.6 Å². The summed E-state index contributed by atoms with van der Waals surface area (Å²) in [6.45, 7) is 4.64. The zero-order valence-electron chi connectivity index (χ0n) is 15.9. The molecule has 4 heteroatoms. The topological polar surface area (TPSA) is 45.5 Å². The Morgan fingerprint density at radius 1 is 1.11 bits per heavy atom. The lowest BCUT2D eigenvalue weighted by atomic mass is 10.1. The van der Waals surface area contributed by atoms with Gasteiger partial charge in [-0.25, -0.2) is 0 Å². The van der Waals surface area contributed by atoms with Crippen LogP contribution in [0.5, 0.6) is 0 Å². The maximum absolute atomic E-state index is 12.6. The molecule has 0 radical (unpaired) electrons. The number of rotatable bonds is 4. The first-order valence-corrected chi connectivity index (χ1v) is 8.98. The molecule has 0 bridgehead atoms. The van der Waals surface area contributed by atoms with Gasteiger partial charge in [-0.05, 0) is 55.6 Å². The van der Waals surface area contributed by atoms with Crippen LogP contribution in [0.3, 0.4) is 0 Å². The van der Waals surface area contributed by atoms with Crippen molar-refractivity contribution >= 4 is 16.8 Å². The van der Waals surface area contributed by atoms with Crippen molar-refractivity contribution in [2.45, 2.75) is 26.0 Å². The van der Waals surface area contributed by atoms with Gasteiger partial charge in [0.05, 0.1) is 0 Å². The molecule has 1 amide bonds. The molecule has 0 saturated heterocycles. The Kier molecular flexibility index (Phi) is 5.34. The summed E-state index contributed by atoms with van der Waals surface area (Å²) in [6, 6.07) is 17.5. The van der Waals surface area contributed by atoms with Crippen LogP contribution in [0.25, 0.3) is 10.9 Å². The lowest BCUT2D eigenvalue weighted by Crippen LogP contribution is -2.29. The van der Waals surface area contributed by atoms with Gasteiger partial charge in [-0.15, -0.1) is 0 Å². The molecular formula is C23H24N2O2. The van der Waals surface area contributed by atoms with Gasteiger partial charge in [0, 0.05) is 43.0 Å². The number of fused-ring (bicyclic) bond motifs is 1. The largest absolute Gasteiger partial charge is 0.378 e. The summed E-state index contributed by atoms with van der Waals surface area (Å²) in [7, 11) is 1.82. The van der Waals surface area contributed by atoms with Gasteiger partial charge in [-0.3, -0.25) is 4.79 Å². The molecule has 2 aromatic carbocycles. The van der Waals surface area contributed by atoms with Crippen LogP contribution in [0.2, 0.25) is 0 Å². The second-order valence-corrected chi connectivity index (χ2v) is 7.18. The maximum atomic E-state index is 12.6. The van der Waals surface area contributed by atoms with Gasteiger partial charge >= 0.3 is 0 Å². The van der Waals surface area contributed by atoms with Crippen molar-refractivity contribution in [2.24, 2.45) is 0 Å². The number of nitrogens with zero attached hydrogens (tertiary/aromatic N) is 2. The molecule has 1 heterocycles. The maximum Gasteiger partial charge on any atom is 0.253 e. The highest BCUT2D eigenvalue weighted by Crippen LogP contribution is 2.15. The number of hydrogen-bond donors (Lipinski definition) is 1. The Balaban J connectivity index is 1.64. The SMILES string of the molecule is CN(CCn1ccc2ccccc21)C(=O)c1ccc(C#CC(C)(C)O)cc1. The van der Waals surface area contributed by atoms with E-state index in [0.717, 1.165) is 12.1 Å². The first kappa shape index (κ1) is 18.8. The van der Waals surface area contributed by atoms with Crippen LogP contribution in [-0.2, 0) is 6.54 Å². The molecule has 1 N–H and O–H groups in total. The fourth-order valence-electron chi connectivity index (χ4n) is 2.84. The minimum absolute atomic E-state index is 0.0199. The first-order chi connectivity index (χ1) is 12.8. The van der Waals surface area contributed by atoms with Crippen molar-refractivity contribution in [3.05, 3.63) is 71.9 Å². The highest BCUT2D eigenvalue weighted by atomic mass is 16.3. The number of likely N-dealkylation sites (N-methyl/N-ethyl adjacent to an activating group) is 1. The van der Waals surface area contributed by atoms with E-state index in [0.29, 0.717) is 12.1 Å². The standard InChI is InChI=1S/C23H24N2O2/c1-23(2,27)14-12-18-8-10-20(11-9-18)22(26)24(3)16-17-25-15-13-19-6-4-5-7-21(19)25/h4-11,13,15,27H,16-17H2,1-3H3. The normalized spacial score (nSPS) is 11.1. The minimum atomic E-state index is -1.03. The van der Waals surface area contributed by atoms with Crippen LogP contribution in [-0.4, -0.2) is 39.7 Å². The molecule has 0 atom stereocenters. The molecule has 0 aliphatic heterocycles. The quantitative estimate of drug-likeness (QED) is 0.724. The Bertz CT molecular complexity index is 999. The monoisotopic (exact) mass is 360 g/mol. The zero-order chi connectivity index (χ0) is 19.4. The molecule has 3 aromatic rings. The van der Waals surface area contributed by atoms with Crippen LogP contribution in [0.1, 0.15) is 29.8 Å². The number of carbonyl (C=O) groups excluding carboxylic acids is 1. The summed E-state index contributed by atoms with van der Waals surface area (Å²) in [6.07, 6.45) is 2.05. The van der Waals surface area contributed by atoms with Gasteiger partial charge in [-0.1, -0.05) is 30.0 Å². The molecule has 0 spiro atoms. The highest BCUT2D eigenvalue weighted by Gasteiger charge is 2.12. The molecule has 0 unspecified atom stereocenters. The summed E-state index contributed by atoms with van der Waals surface area (Å²) in [5, 5.41) is 10.9. The van der Waals surface area contributed by atoms with E-state index in [1.165, 1.54) is 10.9 Å². The number of para-hydroxylation sites is 1. The van der Waals surface area contributed by atoms with Crippen LogP contribution in [0.4, 0.5) is 0 Å². The van der Waals surface area contributed by atoms with E-state index in [1.807, 2.05) is 19.2 Å². The summed E-state index contributed by atoms with van der Waals surface area (Å²) < 4.78 is 2.16. The average molecular weight is 360 g/mol. The van der Waals surface area contributed by atoms with E-state index < -0.39 is 5.60 Å². The van der Waals surface area contributed by atoms with Crippen molar-refractivity contribution < 1.29 is 9.90 Å². The van der Waals surface area contributed by atoms with E-state index in [2.05, 4.69) is 40.8 Å². The van der Waals surface area contributed by atoms with Crippen LogP contribution < -0.4 is 0 Å². The number of aromatic nitrogens is 1. The third-order valence-electron chi connectivity index (χ3n) is 4.35. The molecule has 0 aliphatic rings. The van der Waals surface area contributed by atoms with Crippen molar-refractivity contribution in [2.75, 3.05) is 13.6 Å². The van der Waals surface area contributed by atoms with E-state index in [4.69, 9.17) is 0 Å². The molecular weight excluding hydrogens is 336 g/mol. The van der Waals surface area contributed by atoms with E-state index >= 15 is 0 Å². The lowest BCUT2D eigenvalue weighted by Gasteiger charge is -2.18. The summed E-state index contributed by atoms with van der Waals surface area (Å²) in [5.41, 5.74) is 1.55. The molecule has 4 nitrogen and oxygen atoms in total. The van der Waals surface area contributed by atoms with Gasteiger partial charge in [0.15, 0.2) is 0 Å². The molecule has 1 aromatic heterocycles. The van der Waals surface area contributed by atoms with Crippen LogP contribution in [0, 0.1) is 11.8 Å². The summed E-state index contributed by atoms with van der Waals surface area (Å²) in [4.78, 5) is 14.4. The van der Waals surface area contributed by atoms with Crippen molar-refractivity contribution in [3.63, 3.8) is 0 Å². The number of carbonyl (C=O) groups is 1. The number of aliphatic hydroxyl groups is 1. The summed E-state index contributed by atoms with van der Waals surface area (Å²) >= 11 is 0. The van der Waals surface area contributed by atoms with E-state index in [9.17, 15) is 9.90 Å². The Labute approximate surface area is 160 Å². The molecule has 0 fully saturated rings. The van der Waals surface area contributed by atoms with Gasteiger partial charge in [0.25, 0.3) is 5.91 Å². The van der Waals surface area contributed by atoms with Crippen molar-refractivity contribution in [3.8, 4) is 11.8 Å². The second-order valence-electron chi connectivity index (χ2n) is 7.18. The van der Waals surface area contributed by atoms with Crippen molar-refractivity contribution in [1.82, 2.24) is 9.47 Å². The number of amides is 1. The van der Waals surface area contributed by atoms with E-state index in [-0.39, 0.29) is 5.91 Å². The van der Waals surface area contributed by atoms with Gasteiger partial charge in [-0.2, -0.15) is 0 Å². The van der Waals surface area contributed by atoms with Crippen LogP contribution >= 0.6 is 0 Å². The van der Waals surface area contributed by atoms with Gasteiger partial charge in [0.1, 0.15) is 5.60 Å².